The van der Waals surface area contributed by atoms with Gasteiger partial charge in [-0.3, -0.25) is 14.4 Å². The Labute approximate surface area is 260 Å². The second kappa shape index (κ2) is 17.9. The van der Waals surface area contributed by atoms with E-state index in [1.807, 2.05) is 0 Å². The van der Waals surface area contributed by atoms with Crippen molar-refractivity contribution in [2.75, 3.05) is 13.2 Å². The van der Waals surface area contributed by atoms with E-state index in [4.69, 9.17) is 23.7 Å². The van der Waals surface area contributed by atoms with E-state index in [-0.39, 0.29) is 23.3 Å². The Hall–Kier alpha value is -5.04. The van der Waals surface area contributed by atoms with Crippen molar-refractivity contribution in [2.24, 2.45) is 0 Å². The quantitative estimate of drug-likeness (QED) is 0.158. The van der Waals surface area contributed by atoms with Crippen molar-refractivity contribution in [1.29, 1.82) is 0 Å². The highest BCUT2D eigenvalue weighted by molar-refractivity contribution is 5.90. The third-order valence-corrected chi connectivity index (χ3v) is 6.15. The molecule has 0 aromatic heterocycles. The highest BCUT2D eigenvalue weighted by atomic mass is 16.6. The summed E-state index contributed by atoms with van der Waals surface area (Å²) in [5.74, 6) is -5.20. The fourth-order valence-corrected chi connectivity index (χ4v) is 4.29. The summed E-state index contributed by atoms with van der Waals surface area (Å²) in [5, 5.41) is 12.8. The number of esters is 5. The summed E-state index contributed by atoms with van der Waals surface area (Å²) in [6.07, 6.45) is -7.16. The average molecular weight is 628 g/mol. The molecule has 13 nitrogen and oxygen atoms in total. The zero-order chi connectivity index (χ0) is 33.5. The third-order valence-electron chi connectivity index (χ3n) is 6.15. The van der Waals surface area contributed by atoms with Crippen LogP contribution in [-0.4, -0.2) is 84.5 Å². The molecule has 0 saturated carbocycles. The van der Waals surface area contributed by atoms with Crippen LogP contribution in [0.1, 0.15) is 54.8 Å². The van der Waals surface area contributed by atoms with Crippen LogP contribution in [-0.2, 0) is 42.9 Å². The van der Waals surface area contributed by atoms with Crippen molar-refractivity contribution in [1.82, 2.24) is 5.32 Å². The minimum Gasteiger partial charge on any atom is -0.463 e. The van der Waals surface area contributed by atoms with Crippen LogP contribution in [0.3, 0.4) is 0 Å². The van der Waals surface area contributed by atoms with E-state index >= 15 is 0 Å². The molecule has 2 N–H and O–H groups in total. The maximum absolute atomic E-state index is 13.5. The van der Waals surface area contributed by atoms with Gasteiger partial charge in [0.05, 0.1) is 24.3 Å². The van der Waals surface area contributed by atoms with E-state index in [1.165, 1.54) is 24.3 Å². The van der Waals surface area contributed by atoms with Crippen LogP contribution in [0, 0.1) is 0 Å². The average Bonchev–Trinajstić information content (AvgIpc) is 3.00. The van der Waals surface area contributed by atoms with Gasteiger partial charge in [-0.25, -0.2) is 14.4 Å². The zero-order valence-electron chi connectivity index (χ0n) is 25.4. The van der Waals surface area contributed by atoms with Gasteiger partial charge in [-0.15, -0.1) is 0 Å². The number of benzene rings is 2. The van der Waals surface area contributed by atoms with Crippen LogP contribution < -0.4 is 5.32 Å². The second-order valence-electron chi connectivity index (χ2n) is 9.70. The molecule has 0 fully saturated rings. The summed E-state index contributed by atoms with van der Waals surface area (Å²) in [4.78, 5) is 76.1. The molecule has 2 aromatic carbocycles. The Kier molecular flexibility index (Phi) is 14.4. The molecule has 0 bridgehead atoms. The summed E-state index contributed by atoms with van der Waals surface area (Å²) in [7, 11) is 0. The molecule has 5 atom stereocenters. The summed E-state index contributed by atoms with van der Waals surface area (Å²) in [6.45, 7) is 7.58. The van der Waals surface area contributed by atoms with Crippen molar-refractivity contribution in [2.45, 2.75) is 64.6 Å². The van der Waals surface area contributed by atoms with Gasteiger partial charge in [0.1, 0.15) is 12.1 Å². The number of carbonyl (C=O) groups excluding carboxylic acids is 6. The molecule has 2 aromatic rings. The van der Waals surface area contributed by atoms with Gasteiger partial charge in [0.25, 0.3) is 0 Å². The molecule has 0 heterocycles. The topological polar surface area (TPSA) is 181 Å². The number of ether oxygens (including phenoxy) is 5. The predicted molar refractivity (Wildman–Crippen MR) is 157 cm³/mol. The van der Waals surface area contributed by atoms with Crippen LogP contribution in [0.4, 0.5) is 0 Å². The Morgan fingerprint density at radius 3 is 1.62 bits per heavy atom. The minimum atomic E-state index is -1.80. The van der Waals surface area contributed by atoms with Gasteiger partial charge in [0, 0.05) is 32.8 Å². The molecule has 0 spiro atoms. The number of aliphatic hydroxyl groups excluding tert-OH is 1. The first-order valence-corrected chi connectivity index (χ1v) is 14.0. The summed E-state index contributed by atoms with van der Waals surface area (Å²) < 4.78 is 27.3. The normalized spacial score (nSPS) is 13.9. The predicted octanol–water partition coefficient (Wildman–Crippen LogP) is 2.31. The summed E-state index contributed by atoms with van der Waals surface area (Å²) >= 11 is 0. The molecule has 0 radical (unpaired) electrons. The van der Waals surface area contributed by atoms with E-state index in [9.17, 15) is 33.9 Å². The first-order chi connectivity index (χ1) is 21.4. The van der Waals surface area contributed by atoms with E-state index in [0.29, 0.717) is 0 Å². The Bertz CT molecular complexity index is 1340. The van der Waals surface area contributed by atoms with Crippen molar-refractivity contribution < 1.29 is 57.6 Å². The van der Waals surface area contributed by atoms with Crippen LogP contribution in [0.25, 0.3) is 0 Å². The van der Waals surface area contributed by atoms with Crippen LogP contribution in [0.5, 0.6) is 0 Å². The number of hydrogen-bond acceptors (Lipinski definition) is 12. The summed E-state index contributed by atoms with van der Waals surface area (Å²) in [5.41, 5.74) is -0.0632. The largest absolute Gasteiger partial charge is 0.463 e. The molecule has 0 aliphatic heterocycles. The van der Waals surface area contributed by atoms with Crippen LogP contribution in [0.15, 0.2) is 72.8 Å². The second-order valence-corrected chi connectivity index (χ2v) is 9.70. The van der Waals surface area contributed by atoms with Gasteiger partial charge in [-0.05, 0) is 31.2 Å². The number of aliphatic hydroxyl groups is 1. The lowest BCUT2D eigenvalue weighted by Crippen LogP contribution is -2.61. The summed E-state index contributed by atoms with van der Waals surface area (Å²) in [6, 6.07) is 13.7. The number of nitrogens with one attached hydrogen (secondary N) is 1. The fraction of sp³-hybridized carbons (Fsp3) is 0.375. The Morgan fingerprint density at radius 1 is 0.733 bits per heavy atom. The molecule has 0 unspecified atom stereocenters. The van der Waals surface area contributed by atoms with Gasteiger partial charge in [-0.2, -0.15) is 0 Å². The van der Waals surface area contributed by atoms with Crippen molar-refractivity contribution in [3.8, 4) is 0 Å². The zero-order valence-corrected chi connectivity index (χ0v) is 25.4. The molecular weight excluding hydrogens is 590 g/mol. The van der Waals surface area contributed by atoms with E-state index in [2.05, 4.69) is 11.9 Å². The van der Waals surface area contributed by atoms with E-state index in [0.717, 1.165) is 20.8 Å². The van der Waals surface area contributed by atoms with Crippen molar-refractivity contribution in [3.05, 3.63) is 83.9 Å². The highest BCUT2D eigenvalue weighted by Gasteiger charge is 2.47. The number of hydrogen-bond donors (Lipinski definition) is 2. The standard InChI is InChI=1S/C32H37NO12/c1-6-41-30(38)19(2)17-25(42-21(4)36)27(33-20(3)35)29(45-32(40)24-15-11-8-12-16-24)28(26(18-34)43-22(5)37)44-31(39)23-13-9-7-10-14-23/h7-16,25-29,34H,2,6,17-18H2,1,3-5H3,(H,33,35)/t25-,26+,27+,28+,29+/m0/s1. The molecule has 2 rings (SSSR count). The first-order valence-electron chi connectivity index (χ1n) is 14.0. The van der Waals surface area contributed by atoms with Gasteiger partial charge in [-0.1, -0.05) is 43.0 Å². The highest BCUT2D eigenvalue weighted by Crippen LogP contribution is 2.25. The third kappa shape index (κ3) is 11.5. The number of amides is 1. The molecule has 0 aliphatic rings. The van der Waals surface area contributed by atoms with Crippen molar-refractivity contribution >= 4 is 35.8 Å². The van der Waals surface area contributed by atoms with Crippen LogP contribution >= 0.6 is 0 Å². The lowest BCUT2D eigenvalue weighted by molar-refractivity contribution is -0.169. The van der Waals surface area contributed by atoms with E-state index in [1.54, 1.807) is 43.3 Å². The van der Waals surface area contributed by atoms with Gasteiger partial charge < -0.3 is 34.1 Å². The Morgan fingerprint density at radius 2 is 1.20 bits per heavy atom. The molecule has 1 amide bonds. The SMILES string of the molecule is C=C(C[C@H](OC(C)=O)[C@@H](NC(C)=O)[C@@H](OC(=O)c1ccccc1)[C@H](OC(=O)c1ccccc1)[C@@H](CO)OC(C)=O)C(=O)OCC. The number of carbonyl (C=O) groups is 6. The van der Waals surface area contributed by atoms with Crippen LogP contribution in [0.2, 0.25) is 0 Å². The van der Waals surface area contributed by atoms with Crippen molar-refractivity contribution in [3.63, 3.8) is 0 Å². The van der Waals surface area contributed by atoms with Gasteiger partial charge in [0.15, 0.2) is 18.3 Å². The number of rotatable bonds is 16. The maximum Gasteiger partial charge on any atom is 0.338 e. The molecule has 0 aliphatic carbocycles. The smallest absolute Gasteiger partial charge is 0.338 e. The minimum absolute atomic E-state index is 0.0145. The fourth-order valence-electron chi connectivity index (χ4n) is 4.29. The molecule has 0 saturated heterocycles. The lowest BCUT2D eigenvalue weighted by atomic mass is 9.92. The molecule has 13 heteroatoms. The maximum atomic E-state index is 13.5. The molecule has 242 valence electrons. The monoisotopic (exact) mass is 627 g/mol. The Balaban J connectivity index is 2.78. The lowest BCUT2D eigenvalue weighted by Gasteiger charge is -2.39. The molecular formula is C32H37NO12. The van der Waals surface area contributed by atoms with Gasteiger partial charge >= 0.3 is 29.8 Å². The molecule has 45 heavy (non-hydrogen) atoms. The van der Waals surface area contributed by atoms with Gasteiger partial charge in [0.2, 0.25) is 5.91 Å². The van der Waals surface area contributed by atoms with E-state index < -0.39 is 79.2 Å². The first kappa shape index (κ1) is 36.2.